The Balaban J connectivity index is 0.00000196. The van der Waals surface area contributed by atoms with Gasteiger partial charge in [0.25, 0.3) is 0 Å². The van der Waals surface area contributed by atoms with Crippen molar-refractivity contribution in [3.05, 3.63) is 29.8 Å². The standard InChI is InChI=1S/C10H13NO3.Na/c11-6-5-8-1-3-9(4-2-8)14-7-10(12)13;/h1-4H,5-7,11H2,(H,12,13);/q;+1/p-1. The maximum atomic E-state index is 10.1. The molecule has 0 bridgehead atoms. The van der Waals surface area contributed by atoms with Gasteiger partial charge in [-0.2, -0.15) is 0 Å². The van der Waals surface area contributed by atoms with E-state index in [4.69, 9.17) is 10.5 Å². The van der Waals surface area contributed by atoms with Crippen molar-refractivity contribution in [2.45, 2.75) is 6.42 Å². The summed E-state index contributed by atoms with van der Waals surface area (Å²) in [6.45, 7) is 0.176. The van der Waals surface area contributed by atoms with Gasteiger partial charge in [-0.15, -0.1) is 0 Å². The van der Waals surface area contributed by atoms with Crippen LogP contribution in [0.1, 0.15) is 5.56 Å². The van der Waals surface area contributed by atoms with Crippen LogP contribution in [0.25, 0.3) is 0 Å². The van der Waals surface area contributed by atoms with E-state index in [2.05, 4.69) is 0 Å². The van der Waals surface area contributed by atoms with Crippen LogP contribution in [-0.4, -0.2) is 19.1 Å². The number of aliphatic carboxylic acids is 1. The molecule has 1 aromatic rings. The quantitative estimate of drug-likeness (QED) is 0.515. The number of carboxylic acid groups (broad SMARTS) is 1. The summed E-state index contributed by atoms with van der Waals surface area (Å²) in [5, 5.41) is 10.1. The largest absolute Gasteiger partial charge is 1.00 e. The number of carboxylic acids is 1. The van der Waals surface area contributed by atoms with Crippen LogP contribution < -0.4 is 45.1 Å². The van der Waals surface area contributed by atoms with Gasteiger partial charge in [-0.3, -0.25) is 0 Å². The molecule has 1 rings (SSSR count). The second kappa shape index (κ2) is 7.70. The Morgan fingerprint density at radius 3 is 2.40 bits per heavy atom. The molecule has 0 radical (unpaired) electrons. The van der Waals surface area contributed by atoms with Crippen molar-refractivity contribution in [3.63, 3.8) is 0 Å². The van der Waals surface area contributed by atoms with E-state index in [1.165, 1.54) is 0 Å². The molecular formula is C10H12NNaO3. The van der Waals surface area contributed by atoms with Gasteiger partial charge in [0.2, 0.25) is 0 Å². The van der Waals surface area contributed by atoms with Crippen molar-refractivity contribution in [2.75, 3.05) is 13.2 Å². The van der Waals surface area contributed by atoms with E-state index in [9.17, 15) is 9.90 Å². The Morgan fingerprint density at radius 1 is 1.33 bits per heavy atom. The number of hydrogen-bond donors (Lipinski definition) is 1. The van der Waals surface area contributed by atoms with Gasteiger partial charge in [-0.05, 0) is 30.7 Å². The number of carbonyl (C=O) groups excluding carboxylic acids is 1. The molecule has 0 unspecified atom stereocenters. The molecule has 0 atom stereocenters. The van der Waals surface area contributed by atoms with E-state index in [-0.39, 0.29) is 29.6 Å². The number of hydrogen-bond acceptors (Lipinski definition) is 4. The van der Waals surface area contributed by atoms with E-state index in [0.29, 0.717) is 12.3 Å². The summed E-state index contributed by atoms with van der Waals surface area (Å²) in [6.07, 6.45) is 0.806. The second-order valence-corrected chi connectivity index (χ2v) is 2.84. The van der Waals surface area contributed by atoms with E-state index in [1.54, 1.807) is 12.1 Å². The van der Waals surface area contributed by atoms with Gasteiger partial charge in [0.15, 0.2) is 0 Å². The molecule has 5 heteroatoms. The maximum Gasteiger partial charge on any atom is 1.00 e. The minimum absolute atomic E-state index is 0. The molecule has 0 saturated heterocycles. The molecule has 0 saturated carbocycles. The zero-order valence-electron chi connectivity index (χ0n) is 8.73. The fourth-order valence-electron chi connectivity index (χ4n) is 1.06. The van der Waals surface area contributed by atoms with Crippen LogP contribution in [0.2, 0.25) is 0 Å². The van der Waals surface area contributed by atoms with Crippen molar-refractivity contribution >= 4 is 5.97 Å². The molecule has 0 amide bonds. The molecule has 0 aliphatic rings. The number of benzene rings is 1. The van der Waals surface area contributed by atoms with Crippen molar-refractivity contribution in [1.29, 1.82) is 0 Å². The second-order valence-electron chi connectivity index (χ2n) is 2.84. The number of rotatable bonds is 5. The van der Waals surface area contributed by atoms with Gasteiger partial charge in [-0.25, -0.2) is 0 Å². The first-order valence-electron chi connectivity index (χ1n) is 4.34. The zero-order valence-corrected chi connectivity index (χ0v) is 10.7. The molecular weight excluding hydrogens is 205 g/mol. The summed E-state index contributed by atoms with van der Waals surface area (Å²) in [7, 11) is 0. The average molecular weight is 217 g/mol. The molecule has 0 aromatic heterocycles. The number of carbonyl (C=O) groups is 1. The molecule has 0 spiro atoms. The van der Waals surface area contributed by atoms with E-state index >= 15 is 0 Å². The van der Waals surface area contributed by atoms with Crippen molar-refractivity contribution < 1.29 is 44.2 Å². The summed E-state index contributed by atoms with van der Waals surface area (Å²) in [5.74, 6) is -0.703. The summed E-state index contributed by atoms with van der Waals surface area (Å²) < 4.78 is 4.91. The van der Waals surface area contributed by atoms with Crippen LogP contribution in [-0.2, 0) is 11.2 Å². The predicted octanol–water partition coefficient (Wildman–Crippen LogP) is -3.68. The summed E-state index contributed by atoms with van der Waals surface area (Å²) in [4.78, 5) is 10.1. The van der Waals surface area contributed by atoms with Gasteiger partial charge in [-0.1, -0.05) is 12.1 Å². The minimum atomic E-state index is -1.23. The molecule has 0 aliphatic heterocycles. The Hall–Kier alpha value is -0.550. The summed E-state index contributed by atoms with van der Waals surface area (Å²) >= 11 is 0. The normalized spacial score (nSPS) is 9.13. The molecule has 0 fully saturated rings. The Bertz CT molecular complexity index is 300. The molecule has 1 aromatic carbocycles. The first kappa shape index (κ1) is 14.5. The molecule has 2 N–H and O–H groups in total. The fourth-order valence-corrected chi connectivity index (χ4v) is 1.06. The SMILES string of the molecule is NCCc1ccc(OCC(=O)[O-])cc1.[Na+]. The third-order valence-corrected chi connectivity index (χ3v) is 1.71. The molecule has 0 heterocycles. The molecule has 4 nitrogen and oxygen atoms in total. The zero-order chi connectivity index (χ0) is 10.4. The van der Waals surface area contributed by atoms with Crippen LogP contribution in [0.3, 0.4) is 0 Å². The Morgan fingerprint density at radius 2 is 1.93 bits per heavy atom. The van der Waals surface area contributed by atoms with Gasteiger partial charge in [0, 0.05) is 0 Å². The third kappa shape index (κ3) is 5.79. The van der Waals surface area contributed by atoms with E-state index < -0.39 is 12.6 Å². The predicted molar refractivity (Wildman–Crippen MR) is 49.7 cm³/mol. The fraction of sp³-hybridized carbons (Fsp3) is 0.300. The van der Waals surface area contributed by atoms with Gasteiger partial charge in [0.1, 0.15) is 12.4 Å². The van der Waals surface area contributed by atoms with Crippen molar-refractivity contribution in [3.8, 4) is 5.75 Å². The van der Waals surface area contributed by atoms with Crippen LogP contribution in [0, 0.1) is 0 Å². The van der Waals surface area contributed by atoms with Crippen molar-refractivity contribution in [1.82, 2.24) is 0 Å². The first-order chi connectivity index (χ1) is 6.72. The molecule has 0 aliphatic carbocycles. The smallest absolute Gasteiger partial charge is 0.546 e. The Kier molecular flexibility index (Phi) is 7.42. The Labute approximate surface area is 111 Å². The van der Waals surface area contributed by atoms with E-state index in [1.807, 2.05) is 12.1 Å². The maximum absolute atomic E-state index is 10.1. The average Bonchev–Trinajstić information content (AvgIpc) is 2.17. The minimum Gasteiger partial charge on any atom is -0.546 e. The van der Waals surface area contributed by atoms with Crippen LogP contribution in [0.5, 0.6) is 5.75 Å². The van der Waals surface area contributed by atoms with Crippen LogP contribution >= 0.6 is 0 Å². The van der Waals surface area contributed by atoms with Crippen molar-refractivity contribution in [2.24, 2.45) is 5.73 Å². The monoisotopic (exact) mass is 217 g/mol. The van der Waals surface area contributed by atoms with Gasteiger partial charge >= 0.3 is 29.6 Å². The topological polar surface area (TPSA) is 75.4 Å². The number of ether oxygens (including phenoxy) is 1. The molecule has 76 valence electrons. The van der Waals surface area contributed by atoms with E-state index in [0.717, 1.165) is 12.0 Å². The molecule has 15 heavy (non-hydrogen) atoms. The van der Waals surface area contributed by atoms with Crippen LogP contribution in [0.4, 0.5) is 0 Å². The number of nitrogens with two attached hydrogens (primary N) is 1. The summed E-state index contributed by atoms with van der Waals surface area (Å²) in [5.41, 5.74) is 6.48. The van der Waals surface area contributed by atoms with Gasteiger partial charge < -0.3 is 20.4 Å². The third-order valence-electron chi connectivity index (χ3n) is 1.71. The first-order valence-corrected chi connectivity index (χ1v) is 4.34. The van der Waals surface area contributed by atoms with Gasteiger partial charge in [0.05, 0.1) is 5.97 Å². The van der Waals surface area contributed by atoms with Crippen LogP contribution in [0.15, 0.2) is 24.3 Å². The summed E-state index contributed by atoms with van der Waals surface area (Å²) in [6, 6.07) is 7.15.